The van der Waals surface area contributed by atoms with Crippen LogP contribution in [0.3, 0.4) is 0 Å². The van der Waals surface area contributed by atoms with Gasteiger partial charge in [-0.3, -0.25) is 0 Å². The van der Waals surface area contributed by atoms with Crippen LogP contribution in [-0.4, -0.2) is 43.9 Å². The summed E-state index contributed by atoms with van der Waals surface area (Å²) in [7, 11) is 3.28. The Hall–Kier alpha value is -2.99. The van der Waals surface area contributed by atoms with Crippen LogP contribution in [0.15, 0.2) is 48.5 Å². The lowest BCUT2D eigenvalue weighted by Gasteiger charge is -2.29. The molecule has 0 spiro atoms. The normalized spacial score (nSPS) is 14.4. The molecule has 2 heterocycles. The fourth-order valence-corrected chi connectivity index (χ4v) is 3.60. The minimum Gasteiger partial charge on any atom is -0.464 e. The van der Waals surface area contributed by atoms with E-state index in [9.17, 15) is 4.79 Å². The molecule has 0 unspecified atom stereocenters. The first-order valence-corrected chi connectivity index (χ1v) is 9.04. The summed E-state index contributed by atoms with van der Waals surface area (Å²) in [6, 6.07) is 16.2. The van der Waals surface area contributed by atoms with Gasteiger partial charge in [0.2, 0.25) is 0 Å². The molecule has 1 aliphatic heterocycles. The summed E-state index contributed by atoms with van der Waals surface area (Å²) in [5, 5.41) is 4.43. The van der Waals surface area contributed by atoms with E-state index < -0.39 is 0 Å². The van der Waals surface area contributed by atoms with Gasteiger partial charge in [0, 0.05) is 36.9 Å². The number of benzene rings is 2. The van der Waals surface area contributed by atoms with Crippen LogP contribution < -0.4 is 10.2 Å². The van der Waals surface area contributed by atoms with Crippen LogP contribution in [0.25, 0.3) is 10.9 Å². The van der Waals surface area contributed by atoms with Gasteiger partial charge in [0.15, 0.2) is 5.69 Å². The second-order valence-electron chi connectivity index (χ2n) is 6.57. The number of nitrogens with one attached hydrogen (secondary N) is 1. The summed E-state index contributed by atoms with van der Waals surface area (Å²) >= 11 is 0. The minimum absolute atomic E-state index is 0.361. The second kappa shape index (κ2) is 7.32. The van der Waals surface area contributed by atoms with Crippen LogP contribution in [0.2, 0.25) is 0 Å². The van der Waals surface area contributed by atoms with Crippen LogP contribution >= 0.6 is 0 Å². The zero-order chi connectivity index (χ0) is 18.8. The van der Waals surface area contributed by atoms with Crippen molar-refractivity contribution in [3.05, 3.63) is 54.2 Å². The number of fused-ring (bicyclic) bond motifs is 1. The van der Waals surface area contributed by atoms with Crippen molar-refractivity contribution >= 4 is 33.9 Å². The molecule has 2 aromatic carbocycles. The van der Waals surface area contributed by atoms with Gasteiger partial charge in [-0.2, -0.15) is 0 Å². The van der Waals surface area contributed by atoms with E-state index in [2.05, 4.69) is 22.3 Å². The first kappa shape index (κ1) is 17.4. The minimum atomic E-state index is -0.361. The van der Waals surface area contributed by atoms with Crippen molar-refractivity contribution in [1.82, 2.24) is 4.57 Å². The van der Waals surface area contributed by atoms with E-state index in [0.717, 1.165) is 54.3 Å². The highest BCUT2D eigenvalue weighted by atomic mass is 16.5. The maximum absolute atomic E-state index is 12.4. The summed E-state index contributed by atoms with van der Waals surface area (Å²) in [6.45, 7) is 3.25. The number of para-hydroxylation sites is 1. The molecule has 6 nitrogen and oxygen atoms in total. The Kier molecular flexibility index (Phi) is 4.73. The van der Waals surface area contributed by atoms with E-state index in [0.29, 0.717) is 5.69 Å². The quantitative estimate of drug-likeness (QED) is 0.717. The third-order valence-corrected chi connectivity index (χ3v) is 4.98. The predicted molar refractivity (Wildman–Crippen MR) is 107 cm³/mol. The van der Waals surface area contributed by atoms with E-state index in [1.165, 1.54) is 7.11 Å². The summed E-state index contributed by atoms with van der Waals surface area (Å²) in [6.07, 6.45) is 0. The number of morpholine rings is 1. The van der Waals surface area contributed by atoms with Crippen molar-refractivity contribution in [3.63, 3.8) is 0 Å². The number of esters is 1. The number of aromatic nitrogens is 1. The van der Waals surface area contributed by atoms with Crippen LogP contribution in [0.5, 0.6) is 0 Å². The molecule has 0 radical (unpaired) electrons. The Morgan fingerprint density at radius 2 is 1.89 bits per heavy atom. The first-order chi connectivity index (χ1) is 13.2. The van der Waals surface area contributed by atoms with Crippen molar-refractivity contribution in [2.45, 2.75) is 0 Å². The van der Waals surface area contributed by atoms with Gasteiger partial charge in [-0.05, 0) is 24.3 Å². The van der Waals surface area contributed by atoms with Gasteiger partial charge in [0.1, 0.15) is 0 Å². The molecule has 3 aromatic rings. The molecule has 0 amide bonds. The summed E-state index contributed by atoms with van der Waals surface area (Å²) in [5.41, 5.74) is 4.32. The molecule has 6 heteroatoms. The van der Waals surface area contributed by atoms with Gasteiger partial charge in [-0.15, -0.1) is 0 Å². The molecule has 0 bridgehead atoms. The topological polar surface area (TPSA) is 55.7 Å². The van der Waals surface area contributed by atoms with E-state index in [4.69, 9.17) is 9.47 Å². The van der Waals surface area contributed by atoms with E-state index in [1.807, 2.05) is 48.0 Å². The average molecular weight is 365 g/mol. The molecular formula is C21H23N3O3. The molecule has 27 heavy (non-hydrogen) atoms. The number of methoxy groups -OCH3 is 1. The maximum atomic E-state index is 12.4. The standard InChI is InChI=1S/C21H23N3O3/c1-23-18-9-4-3-8-17(18)19(20(23)21(25)26-2)22-15-6-5-7-16(14-15)24-10-12-27-13-11-24/h3-9,14,22H,10-13H2,1-2H3. The Labute approximate surface area is 158 Å². The van der Waals surface area contributed by atoms with Gasteiger partial charge in [-0.1, -0.05) is 24.3 Å². The second-order valence-corrected chi connectivity index (χ2v) is 6.57. The number of carbonyl (C=O) groups is 1. The molecule has 1 aliphatic rings. The van der Waals surface area contributed by atoms with Crippen LogP contribution in [-0.2, 0) is 16.5 Å². The molecule has 1 N–H and O–H groups in total. The largest absolute Gasteiger partial charge is 0.464 e. The number of anilines is 3. The van der Waals surface area contributed by atoms with E-state index in [-0.39, 0.29) is 5.97 Å². The molecular weight excluding hydrogens is 342 g/mol. The smallest absolute Gasteiger partial charge is 0.356 e. The van der Waals surface area contributed by atoms with Gasteiger partial charge >= 0.3 is 5.97 Å². The predicted octanol–water partition coefficient (Wildman–Crippen LogP) is 3.55. The molecule has 140 valence electrons. The van der Waals surface area contributed by atoms with E-state index >= 15 is 0 Å². The highest BCUT2D eigenvalue weighted by Gasteiger charge is 2.22. The van der Waals surface area contributed by atoms with Crippen molar-refractivity contribution in [2.75, 3.05) is 43.6 Å². The SMILES string of the molecule is COC(=O)c1c(Nc2cccc(N3CCOCC3)c2)c2ccccc2n1C. The van der Waals surface area contributed by atoms with Gasteiger partial charge < -0.3 is 24.3 Å². The Balaban J connectivity index is 1.74. The fourth-order valence-electron chi connectivity index (χ4n) is 3.60. The highest BCUT2D eigenvalue weighted by Crippen LogP contribution is 2.34. The first-order valence-electron chi connectivity index (χ1n) is 9.04. The summed E-state index contributed by atoms with van der Waals surface area (Å²) in [4.78, 5) is 14.7. The van der Waals surface area contributed by atoms with Crippen molar-refractivity contribution in [2.24, 2.45) is 7.05 Å². The third kappa shape index (κ3) is 3.24. The zero-order valence-electron chi connectivity index (χ0n) is 15.6. The molecule has 4 rings (SSSR count). The number of carbonyl (C=O) groups excluding carboxylic acids is 1. The average Bonchev–Trinajstić information content (AvgIpc) is 3.00. The van der Waals surface area contributed by atoms with Crippen LogP contribution in [0.4, 0.5) is 17.1 Å². The molecule has 1 aromatic heterocycles. The Morgan fingerprint density at radius 1 is 1.11 bits per heavy atom. The lowest BCUT2D eigenvalue weighted by atomic mass is 10.2. The third-order valence-electron chi connectivity index (χ3n) is 4.98. The number of nitrogens with zero attached hydrogens (tertiary/aromatic N) is 2. The number of hydrogen-bond donors (Lipinski definition) is 1. The molecule has 0 atom stereocenters. The van der Waals surface area contributed by atoms with Gasteiger partial charge in [-0.25, -0.2) is 4.79 Å². The van der Waals surface area contributed by atoms with Crippen LogP contribution in [0, 0.1) is 0 Å². The summed E-state index contributed by atoms with van der Waals surface area (Å²) in [5.74, 6) is -0.361. The van der Waals surface area contributed by atoms with E-state index in [1.54, 1.807) is 0 Å². The molecule has 1 saturated heterocycles. The number of rotatable bonds is 4. The molecule has 0 aliphatic carbocycles. The lowest BCUT2D eigenvalue weighted by molar-refractivity contribution is 0.0591. The van der Waals surface area contributed by atoms with Crippen molar-refractivity contribution in [3.8, 4) is 0 Å². The van der Waals surface area contributed by atoms with Crippen molar-refractivity contribution < 1.29 is 14.3 Å². The Morgan fingerprint density at radius 3 is 2.67 bits per heavy atom. The molecule has 1 fully saturated rings. The fraction of sp³-hybridized carbons (Fsp3) is 0.286. The van der Waals surface area contributed by atoms with Crippen LogP contribution in [0.1, 0.15) is 10.5 Å². The van der Waals surface area contributed by atoms with Gasteiger partial charge in [0.05, 0.1) is 31.5 Å². The Bertz CT molecular complexity index is 974. The monoisotopic (exact) mass is 365 g/mol. The number of aryl methyl sites for hydroxylation is 1. The molecule has 0 saturated carbocycles. The van der Waals surface area contributed by atoms with Gasteiger partial charge in [0.25, 0.3) is 0 Å². The zero-order valence-corrected chi connectivity index (χ0v) is 15.6. The number of hydrogen-bond acceptors (Lipinski definition) is 5. The lowest BCUT2D eigenvalue weighted by Crippen LogP contribution is -2.36. The maximum Gasteiger partial charge on any atom is 0.356 e. The highest BCUT2D eigenvalue weighted by molar-refractivity contribution is 6.08. The van der Waals surface area contributed by atoms with Crippen molar-refractivity contribution in [1.29, 1.82) is 0 Å². The number of ether oxygens (including phenoxy) is 2. The summed E-state index contributed by atoms with van der Waals surface area (Å²) < 4.78 is 12.3.